The zero-order valence-electron chi connectivity index (χ0n) is 10.2. The second kappa shape index (κ2) is 3.88. The average molecular weight is 236 g/mol. The highest BCUT2D eigenvalue weighted by molar-refractivity contribution is 5.63. The predicted molar refractivity (Wildman–Crippen MR) is 65.3 cm³/mol. The van der Waals surface area contributed by atoms with Crippen molar-refractivity contribution in [1.29, 1.82) is 0 Å². The molecule has 0 amide bonds. The molecule has 0 radical (unpaired) electrons. The van der Waals surface area contributed by atoms with E-state index in [4.69, 9.17) is 4.74 Å². The maximum atomic E-state index is 14.1. The summed E-state index contributed by atoms with van der Waals surface area (Å²) >= 11 is 0. The number of benzene rings is 1. The fourth-order valence-corrected chi connectivity index (χ4v) is 2.73. The van der Waals surface area contributed by atoms with Crippen LogP contribution in [0.1, 0.15) is 5.56 Å². The summed E-state index contributed by atoms with van der Waals surface area (Å²) in [5.41, 5.74) is 1.56. The Morgan fingerprint density at radius 2 is 2.18 bits per heavy atom. The van der Waals surface area contributed by atoms with Crippen LogP contribution in [0.25, 0.3) is 0 Å². The SMILES string of the molecule is Cc1cc(F)c2c(c1)OCC1CN(C)CCN21. The molecule has 0 aromatic heterocycles. The summed E-state index contributed by atoms with van der Waals surface area (Å²) in [7, 11) is 2.10. The number of hydrogen-bond donors (Lipinski definition) is 0. The zero-order valence-corrected chi connectivity index (χ0v) is 10.2. The molecular weight excluding hydrogens is 219 g/mol. The lowest BCUT2D eigenvalue weighted by Crippen LogP contribution is -2.56. The quantitative estimate of drug-likeness (QED) is 0.681. The van der Waals surface area contributed by atoms with Crippen molar-refractivity contribution < 1.29 is 9.13 Å². The van der Waals surface area contributed by atoms with Crippen molar-refractivity contribution in [3.63, 3.8) is 0 Å². The van der Waals surface area contributed by atoms with E-state index < -0.39 is 0 Å². The minimum atomic E-state index is -0.158. The lowest BCUT2D eigenvalue weighted by Gasteiger charge is -2.44. The van der Waals surface area contributed by atoms with Crippen LogP contribution in [-0.2, 0) is 0 Å². The fraction of sp³-hybridized carbons (Fsp3) is 0.538. The summed E-state index contributed by atoms with van der Waals surface area (Å²) in [6.45, 7) is 5.33. The van der Waals surface area contributed by atoms with Crippen molar-refractivity contribution in [3.8, 4) is 5.75 Å². The molecule has 1 saturated heterocycles. The van der Waals surface area contributed by atoms with Crippen molar-refractivity contribution in [1.82, 2.24) is 4.90 Å². The van der Waals surface area contributed by atoms with E-state index in [1.807, 2.05) is 13.0 Å². The van der Waals surface area contributed by atoms with E-state index in [2.05, 4.69) is 16.8 Å². The predicted octanol–water partition coefficient (Wildman–Crippen LogP) is 1.65. The second-order valence-corrected chi connectivity index (χ2v) is 5.01. The Labute approximate surface area is 101 Å². The van der Waals surface area contributed by atoms with Crippen molar-refractivity contribution in [2.75, 3.05) is 38.2 Å². The van der Waals surface area contributed by atoms with Gasteiger partial charge in [0.15, 0.2) is 5.82 Å². The number of fused-ring (bicyclic) bond motifs is 3. The highest BCUT2D eigenvalue weighted by Gasteiger charge is 2.33. The molecule has 2 aliphatic heterocycles. The third-order valence-corrected chi connectivity index (χ3v) is 3.58. The molecular formula is C13H17FN2O. The minimum Gasteiger partial charge on any atom is -0.489 e. The lowest BCUT2D eigenvalue weighted by molar-refractivity contribution is 0.186. The first kappa shape index (κ1) is 10.8. The van der Waals surface area contributed by atoms with Gasteiger partial charge in [0.25, 0.3) is 0 Å². The van der Waals surface area contributed by atoms with E-state index in [1.54, 1.807) is 6.07 Å². The number of halogens is 1. The topological polar surface area (TPSA) is 15.7 Å². The zero-order chi connectivity index (χ0) is 12.0. The summed E-state index contributed by atoms with van der Waals surface area (Å²) < 4.78 is 19.8. The largest absolute Gasteiger partial charge is 0.489 e. The summed E-state index contributed by atoms with van der Waals surface area (Å²) in [5.74, 6) is 0.539. The van der Waals surface area contributed by atoms with Gasteiger partial charge in [0.1, 0.15) is 18.0 Å². The molecule has 1 fully saturated rings. The first-order chi connectivity index (χ1) is 8.15. The number of hydrogen-bond acceptors (Lipinski definition) is 3. The van der Waals surface area contributed by atoms with Crippen LogP contribution in [-0.4, -0.2) is 44.2 Å². The minimum absolute atomic E-state index is 0.158. The summed E-state index contributed by atoms with van der Waals surface area (Å²) in [5, 5.41) is 0. The monoisotopic (exact) mass is 236 g/mol. The van der Waals surface area contributed by atoms with Gasteiger partial charge >= 0.3 is 0 Å². The third-order valence-electron chi connectivity index (χ3n) is 3.58. The molecule has 0 aliphatic carbocycles. The number of likely N-dealkylation sites (N-methyl/N-ethyl adjacent to an activating group) is 1. The number of nitrogens with zero attached hydrogens (tertiary/aromatic N) is 2. The Morgan fingerprint density at radius 3 is 3.00 bits per heavy atom. The van der Waals surface area contributed by atoms with Crippen molar-refractivity contribution in [2.45, 2.75) is 13.0 Å². The van der Waals surface area contributed by atoms with E-state index in [1.165, 1.54) is 0 Å². The van der Waals surface area contributed by atoms with Crippen LogP contribution in [0.5, 0.6) is 5.75 Å². The molecule has 2 heterocycles. The number of rotatable bonds is 0. The Hall–Kier alpha value is -1.29. The Kier molecular flexibility index (Phi) is 2.47. The van der Waals surface area contributed by atoms with Gasteiger partial charge in [0, 0.05) is 19.6 Å². The van der Waals surface area contributed by atoms with E-state index in [-0.39, 0.29) is 11.9 Å². The summed E-state index contributed by atoms with van der Waals surface area (Å²) in [6, 6.07) is 3.79. The van der Waals surface area contributed by atoms with Crippen LogP contribution >= 0.6 is 0 Å². The van der Waals surface area contributed by atoms with Gasteiger partial charge in [0.2, 0.25) is 0 Å². The van der Waals surface area contributed by atoms with Crippen LogP contribution in [0.3, 0.4) is 0 Å². The standard InChI is InChI=1S/C13H17FN2O/c1-9-5-11(14)13-12(6-9)17-8-10-7-15(2)3-4-16(10)13/h5-6,10H,3-4,7-8H2,1-2H3. The summed E-state index contributed by atoms with van der Waals surface area (Å²) in [6.07, 6.45) is 0. The molecule has 1 aromatic carbocycles. The van der Waals surface area contributed by atoms with Crippen molar-refractivity contribution in [2.24, 2.45) is 0 Å². The van der Waals surface area contributed by atoms with Gasteiger partial charge in [-0.25, -0.2) is 4.39 Å². The lowest BCUT2D eigenvalue weighted by atomic mass is 10.1. The van der Waals surface area contributed by atoms with Gasteiger partial charge in [-0.3, -0.25) is 0 Å². The highest BCUT2D eigenvalue weighted by Crippen LogP contribution is 2.38. The van der Waals surface area contributed by atoms with E-state index >= 15 is 0 Å². The fourth-order valence-electron chi connectivity index (χ4n) is 2.73. The molecule has 0 spiro atoms. The smallest absolute Gasteiger partial charge is 0.150 e. The van der Waals surface area contributed by atoms with Gasteiger partial charge in [0.05, 0.1) is 6.04 Å². The second-order valence-electron chi connectivity index (χ2n) is 5.01. The van der Waals surface area contributed by atoms with Gasteiger partial charge in [-0.2, -0.15) is 0 Å². The van der Waals surface area contributed by atoms with E-state index in [0.29, 0.717) is 18.0 Å². The van der Waals surface area contributed by atoms with Crippen LogP contribution in [0.2, 0.25) is 0 Å². The van der Waals surface area contributed by atoms with Gasteiger partial charge < -0.3 is 14.5 Å². The van der Waals surface area contributed by atoms with Gasteiger partial charge in [-0.1, -0.05) is 0 Å². The third kappa shape index (κ3) is 1.76. The highest BCUT2D eigenvalue weighted by atomic mass is 19.1. The molecule has 1 unspecified atom stereocenters. The molecule has 1 aromatic rings. The van der Waals surface area contributed by atoms with Gasteiger partial charge in [-0.05, 0) is 31.7 Å². The van der Waals surface area contributed by atoms with Crippen molar-refractivity contribution in [3.05, 3.63) is 23.5 Å². The van der Waals surface area contributed by atoms with Gasteiger partial charge in [-0.15, -0.1) is 0 Å². The van der Waals surface area contributed by atoms with Crippen LogP contribution in [0.4, 0.5) is 10.1 Å². The molecule has 0 bridgehead atoms. The van der Waals surface area contributed by atoms with E-state index in [9.17, 15) is 4.39 Å². The Morgan fingerprint density at radius 1 is 1.35 bits per heavy atom. The normalized spacial score (nSPS) is 23.9. The maximum Gasteiger partial charge on any atom is 0.150 e. The molecule has 1 atom stereocenters. The first-order valence-electron chi connectivity index (χ1n) is 6.03. The Balaban J connectivity index is 2.01. The first-order valence-corrected chi connectivity index (χ1v) is 6.03. The maximum absolute atomic E-state index is 14.1. The Bertz CT molecular complexity index is 449. The van der Waals surface area contributed by atoms with E-state index in [0.717, 1.165) is 25.2 Å². The van der Waals surface area contributed by atoms with Crippen LogP contribution in [0, 0.1) is 12.7 Å². The average Bonchev–Trinajstić information content (AvgIpc) is 2.28. The van der Waals surface area contributed by atoms with Crippen LogP contribution < -0.4 is 9.64 Å². The molecule has 92 valence electrons. The van der Waals surface area contributed by atoms with Crippen LogP contribution in [0.15, 0.2) is 12.1 Å². The molecule has 4 heteroatoms. The number of ether oxygens (including phenoxy) is 1. The molecule has 0 saturated carbocycles. The molecule has 3 rings (SSSR count). The molecule has 17 heavy (non-hydrogen) atoms. The molecule has 2 aliphatic rings. The number of anilines is 1. The molecule has 0 N–H and O–H groups in total. The summed E-state index contributed by atoms with van der Waals surface area (Å²) in [4.78, 5) is 4.43. The number of aryl methyl sites for hydroxylation is 1. The van der Waals surface area contributed by atoms with Crippen molar-refractivity contribution >= 4 is 5.69 Å². The molecule has 3 nitrogen and oxygen atoms in total. The number of piperazine rings is 1.